The van der Waals surface area contributed by atoms with Gasteiger partial charge in [0.05, 0.1) is 6.61 Å². The van der Waals surface area contributed by atoms with Gasteiger partial charge in [-0.05, 0) is 24.6 Å². The summed E-state index contributed by atoms with van der Waals surface area (Å²) in [5, 5.41) is 11.9. The summed E-state index contributed by atoms with van der Waals surface area (Å²) in [6.07, 6.45) is 3.36. The van der Waals surface area contributed by atoms with Crippen molar-refractivity contribution in [3.05, 3.63) is 30.1 Å². The van der Waals surface area contributed by atoms with Gasteiger partial charge in [0.2, 0.25) is 0 Å². The third kappa shape index (κ3) is 3.60. The highest BCUT2D eigenvalue weighted by atomic mass is 16.5. The summed E-state index contributed by atoms with van der Waals surface area (Å²) in [5.74, 6) is -0.914. The van der Waals surface area contributed by atoms with E-state index in [1.165, 1.54) is 7.11 Å². The molecule has 1 aromatic rings. The molecule has 0 fully saturated rings. The van der Waals surface area contributed by atoms with Crippen LogP contribution in [-0.4, -0.2) is 35.8 Å². The zero-order valence-corrected chi connectivity index (χ0v) is 9.38. The highest BCUT2D eigenvalue weighted by molar-refractivity contribution is 5.73. The molecular formula is C11H16N2O3. The van der Waals surface area contributed by atoms with E-state index in [1.807, 2.05) is 19.1 Å². The van der Waals surface area contributed by atoms with E-state index in [2.05, 4.69) is 10.3 Å². The average molecular weight is 224 g/mol. The Balaban J connectivity index is 2.61. The summed E-state index contributed by atoms with van der Waals surface area (Å²) in [7, 11) is 1.48. The van der Waals surface area contributed by atoms with E-state index < -0.39 is 12.0 Å². The van der Waals surface area contributed by atoms with Gasteiger partial charge in [-0.15, -0.1) is 0 Å². The van der Waals surface area contributed by atoms with Crippen LogP contribution in [0, 0.1) is 0 Å². The van der Waals surface area contributed by atoms with Crippen molar-refractivity contribution in [3.63, 3.8) is 0 Å². The van der Waals surface area contributed by atoms with Crippen molar-refractivity contribution in [2.24, 2.45) is 0 Å². The fourth-order valence-electron chi connectivity index (χ4n) is 1.41. The van der Waals surface area contributed by atoms with Gasteiger partial charge in [0.25, 0.3) is 0 Å². The number of hydrogen-bond donors (Lipinski definition) is 2. The van der Waals surface area contributed by atoms with E-state index >= 15 is 0 Å². The van der Waals surface area contributed by atoms with E-state index in [1.54, 1.807) is 12.4 Å². The molecule has 0 bridgehead atoms. The number of hydrogen-bond acceptors (Lipinski definition) is 4. The third-order valence-corrected chi connectivity index (χ3v) is 2.29. The second-order valence-corrected chi connectivity index (χ2v) is 3.52. The lowest BCUT2D eigenvalue weighted by atomic mass is 10.1. The van der Waals surface area contributed by atoms with Crippen LogP contribution in [0.3, 0.4) is 0 Å². The van der Waals surface area contributed by atoms with E-state index in [4.69, 9.17) is 9.84 Å². The van der Waals surface area contributed by atoms with Crippen molar-refractivity contribution in [2.75, 3.05) is 13.7 Å². The molecule has 1 rings (SSSR count). The molecular weight excluding hydrogens is 208 g/mol. The SMILES string of the molecule is COCC(NC(C)c1ccncc1)C(=O)O. The van der Waals surface area contributed by atoms with Crippen LogP contribution in [0.1, 0.15) is 18.5 Å². The first-order valence-corrected chi connectivity index (χ1v) is 5.03. The fourth-order valence-corrected chi connectivity index (χ4v) is 1.41. The van der Waals surface area contributed by atoms with Gasteiger partial charge in [0, 0.05) is 25.5 Å². The Morgan fingerprint density at radius 1 is 1.56 bits per heavy atom. The molecule has 0 saturated heterocycles. The fraction of sp³-hybridized carbons (Fsp3) is 0.455. The molecule has 1 heterocycles. The van der Waals surface area contributed by atoms with Crippen molar-refractivity contribution in [1.82, 2.24) is 10.3 Å². The summed E-state index contributed by atoms with van der Waals surface area (Å²) in [6, 6.07) is 2.94. The van der Waals surface area contributed by atoms with Crippen LogP contribution in [-0.2, 0) is 9.53 Å². The number of aliphatic carboxylic acids is 1. The molecule has 0 radical (unpaired) electrons. The van der Waals surface area contributed by atoms with Gasteiger partial charge in [-0.3, -0.25) is 15.1 Å². The van der Waals surface area contributed by atoms with Gasteiger partial charge in [-0.25, -0.2) is 0 Å². The number of carboxylic acids is 1. The first-order valence-electron chi connectivity index (χ1n) is 5.03. The lowest BCUT2D eigenvalue weighted by Gasteiger charge is -2.19. The number of carbonyl (C=O) groups is 1. The Morgan fingerprint density at radius 3 is 2.69 bits per heavy atom. The maximum atomic E-state index is 10.9. The molecule has 5 heteroatoms. The van der Waals surface area contributed by atoms with E-state index in [9.17, 15) is 4.79 Å². The summed E-state index contributed by atoms with van der Waals surface area (Å²) in [4.78, 5) is 14.8. The first-order chi connectivity index (χ1) is 7.65. The number of nitrogens with one attached hydrogen (secondary N) is 1. The number of carboxylic acid groups (broad SMARTS) is 1. The maximum absolute atomic E-state index is 10.9. The zero-order chi connectivity index (χ0) is 12.0. The average Bonchev–Trinajstić information content (AvgIpc) is 2.29. The van der Waals surface area contributed by atoms with Gasteiger partial charge in [-0.1, -0.05) is 0 Å². The summed E-state index contributed by atoms with van der Waals surface area (Å²) >= 11 is 0. The van der Waals surface area contributed by atoms with Crippen molar-refractivity contribution in [3.8, 4) is 0 Å². The number of nitrogens with zero attached hydrogens (tertiary/aromatic N) is 1. The van der Waals surface area contributed by atoms with Gasteiger partial charge < -0.3 is 9.84 Å². The van der Waals surface area contributed by atoms with Gasteiger partial charge in [-0.2, -0.15) is 0 Å². The highest BCUT2D eigenvalue weighted by Gasteiger charge is 2.19. The lowest BCUT2D eigenvalue weighted by molar-refractivity contribution is -0.141. The van der Waals surface area contributed by atoms with Gasteiger partial charge in [0.15, 0.2) is 0 Å². The van der Waals surface area contributed by atoms with Crippen LogP contribution in [0.2, 0.25) is 0 Å². The largest absolute Gasteiger partial charge is 0.480 e. The Bertz CT molecular complexity index is 329. The molecule has 0 aromatic carbocycles. The normalized spacial score (nSPS) is 14.4. The maximum Gasteiger partial charge on any atom is 0.323 e. The van der Waals surface area contributed by atoms with Crippen LogP contribution in [0.4, 0.5) is 0 Å². The minimum Gasteiger partial charge on any atom is -0.480 e. The molecule has 0 spiro atoms. The Kier molecular flexibility index (Phi) is 4.88. The Hall–Kier alpha value is -1.46. The molecule has 0 aliphatic heterocycles. The number of rotatable bonds is 6. The van der Waals surface area contributed by atoms with E-state index in [-0.39, 0.29) is 12.6 Å². The van der Waals surface area contributed by atoms with Crippen LogP contribution in [0.25, 0.3) is 0 Å². The Labute approximate surface area is 94.5 Å². The molecule has 0 aliphatic rings. The predicted octanol–water partition coefficient (Wildman–Crippen LogP) is 0.832. The number of aromatic nitrogens is 1. The molecule has 2 atom stereocenters. The Morgan fingerprint density at radius 2 is 2.19 bits per heavy atom. The van der Waals surface area contributed by atoms with Crippen LogP contribution < -0.4 is 5.32 Å². The zero-order valence-electron chi connectivity index (χ0n) is 9.38. The lowest BCUT2D eigenvalue weighted by Crippen LogP contribution is -2.41. The topological polar surface area (TPSA) is 71.5 Å². The predicted molar refractivity (Wildman–Crippen MR) is 59.1 cm³/mol. The van der Waals surface area contributed by atoms with E-state index in [0.29, 0.717) is 0 Å². The highest BCUT2D eigenvalue weighted by Crippen LogP contribution is 2.11. The molecule has 2 N–H and O–H groups in total. The van der Waals surface area contributed by atoms with Crippen molar-refractivity contribution < 1.29 is 14.6 Å². The smallest absolute Gasteiger partial charge is 0.323 e. The molecule has 16 heavy (non-hydrogen) atoms. The standard InChI is InChI=1S/C11H16N2O3/c1-8(9-3-5-12-6-4-9)13-10(7-16-2)11(14)15/h3-6,8,10,13H,7H2,1-2H3,(H,14,15). The number of methoxy groups -OCH3 is 1. The van der Waals surface area contributed by atoms with E-state index in [0.717, 1.165) is 5.56 Å². The van der Waals surface area contributed by atoms with Crippen molar-refractivity contribution in [1.29, 1.82) is 0 Å². The van der Waals surface area contributed by atoms with Gasteiger partial charge >= 0.3 is 5.97 Å². The summed E-state index contributed by atoms with van der Waals surface area (Å²) < 4.78 is 4.85. The van der Waals surface area contributed by atoms with Crippen molar-refractivity contribution >= 4 is 5.97 Å². The van der Waals surface area contributed by atoms with Crippen LogP contribution in [0.15, 0.2) is 24.5 Å². The quantitative estimate of drug-likeness (QED) is 0.749. The van der Waals surface area contributed by atoms with Crippen molar-refractivity contribution in [2.45, 2.75) is 19.0 Å². The molecule has 88 valence electrons. The first kappa shape index (κ1) is 12.6. The second kappa shape index (κ2) is 6.19. The minimum atomic E-state index is -0.914. The summed E-state index contributed by atoms with van der Waals surface area (Å²) in [5.41, 5.74) is 0.998. The molecule has 5 nitrogen and oxygen atoms in total. The van der Waals surface area contributed by atoms with Crippen LogP contribution in [0.5, 0.6) is 0 Å². The molecule has 0 amide bonds. The molecule has 1 aromatic heterocycles. The molecule has 0 saturated carbocycles. The monoisotopic (exact) mass is 224 g/mol. The molecule has 2 unspecified atom stereocenters. The second-order valence-electron chi connectivity index (χ2n) is 3.52. The van der Waals surface area contributed by atoms with Gasteiger partial charge in [0.1, 0.15) is 6.04 Å². The number of pyridine rings is 1. The third-order valence-electron chi connectivity index (χ3n) is 2.29. The van der Waals surface area contributed by atoms with Crippen LogP contribution >= 0.6 is 0 Å². The number of ether oxygens (including phenoxy) is 1. The molecule has 0 aliphatic carbocycles. The summed E-state index contributed by atoms with van der Waals surface area (Å²) in [6.45, 7) is 2.05. The minimum absolute atomic E-state index is 0.0563.